The summed E-state index contributed by atoms with van der Waals surface area (Å²) < 4.78 is 27.5. The van der Waals surface area contributed by atoms with E-state index in [1.807, 2.05) is 19.2 Å². The minimum Gasteiger partial charge on any atom is -0.355 e. The first-order valence-electron chi connectivity index (χ1n) is 10.7. The first-order valence-corrected chi connectivity index (χ1v) is 10.7. The lowest BCUT2D eigenvalue weighted by molar-refractivity contribution is 0.0650. The number of hydrogen-bond donors (Lipinski definition) is 1. The molecule has 0 aliphatic carbocycles. The van der Waals surface area contributed by atoms with Crippen LogP contribution in [0.3, 0.4) is 0 Å². The van der Waals surface area contributed by atoms with Gasteiger partial charge in [-0.3, -0.25) is 4.79 Å². The fourth-order valence-corrected chi connectivity index (χ4v) is 4.34. The molecule has 0 radical (unpaired) electrons. The maximum Gasteiger partial charge on any atom is 0.276 e. The van der Waals surface area contributed by atoms with Gasteiger partial charge in [-0.25, -0.2) is 23.8 Å². The number of nitrogens with zero attached hydrogens (tertiary/aromatic N) is 6. The van der Waals surface area contributed by atoms with Crippen LogP contribution in [0.1, 0.15) is 43.1 Å². The number of nitrogens with two attached hydrogens (primary N) is 1. The number of hydrazone groups is 1. The lowest BCUT2D eigenvalue weighted by atomic mass is 10.0. The zero-order valence-electron chi connectivity index (χ0n) is 18.0. The fraction of sp³-hybridized carbons (Fsp3) is 0.455. The van der Waals surface area contributed by atoms with Crippen LogP contribution in [-0.4, -0.2) is 70.0 Å². The van der Waals surface area contributed by atoms with Crippen LogP contribution in [0.2, 0.25) is 0 Å². The number of pyridine rings is 1. The smallest absolute Gasteiger partial charge is 0.276 e. The molecule has 3 aliphatic rings. The van der Waals surface area contributed by atoms with Crippen molar-refractivity contribution in [2.45, 2.75) is 44.7 Å². The largest absolute Gasteiger partial charge is 0.355 e. The van der Waals surface area contributed by atoms with Gasteiger partial charge in [0, 0.05) is 50.2 Å². The van der Waals surface area contributed by atoms with Gasteiger partial charge in [-0.05, 0) is 38.7 Å². The first kappa shape index (κ1) is 22.1. The van der Waals surface area contributed by atoms with E-state index >= 15 is 0 Å². The molecule has 0 aromatic carbocycles. The quantitative estimate of drug-likeness (QED) is 0.725. The Morgan fingerprint density at radius 3 is 2.81 bits per heavy atom. The van der Waals surface area contributed by atoms with E-state index in [4.69, 9.17) is 10.7 Å². The van der Waals surface area contributed by atoms with E-state index in [0.717, 1.165) is 50.0 Å². The van der Waals surface area contributed by atoms with E-state index in [1.165, 1.54) is 0 Å². The van der Waals surface area contributed by atoms with E-state index in [9.17, 15) is 13.6 Å². The maximum absolute atomic E-state index is 14.2. The molecule has 0 saturated carbocycles. The fourth-order valence-electron chi connectivity index (χ4n) is 4.34. The molecule has 2 saturated heterocycles. The van der Waals surface area contributed by atoms with Gasteiger partial charge in [-0.1, -0.05) is 0 Å². The van der Waals surface area contributed by atoms with Gasteiger partial charge in [0.15, 0.2) is 17.3 Å². The molecule has 8 nitrogen and oxygen atoms in total. The molecule has 32 heavy (non-hydrogen) atoms. The lowest BCUT2D eigenvalue weighted by Crippen LogP contribution is -2.44. The Morgan fingerprint density at radius 1 is 1.31 bits per heavy atom. The molecule has 2 atom stereocenters. The second-order valence-electron chi connectivity index (χ2n) is 8.30. The Kier molecular flexibility index (Phi) is 6.31. The van der Waals surface area contributed by atoms with Crippen LogP contribution in [0.4, 0.5) is 8.78 Å². The number of piperidine rings is 1. The highest BCUT2D eigenvalue weighted by Crippen LogP contribution is 2.27. The zero-order chi connectivity index (χ0) is 22.8. The van der Waals surface area contributed by atoms with Crippen LogP contribution in [-0.2, 0) is 0 Å². The Morgan fingerprint density at radius 2 is 2.12 bits per heavy atom. The monoisotopic (exact) mass is 443 g/mol. The topological polar surface area (TPSA) is 90.4 Å². The molecule has 3 aliphatic heterocycles. The van der Waals surface area contributed by atoms with Crippen molar-refractivity contribution in [2.75, 3.05) is 19.6 Å². The number of carbonyl (C=O) groups is 1. The molecule has 1 unspecified atom stereocenters. The zero-order valence-corrected chi connectivity index (χ0v) is 18.0. The average molecular weight is 444 g/mol. The number of likely N-dealkylation sites (tertiary alicyclic amines) is 2. The number of carbonyl (C=O) groups excluding carboxylic acids is 1. The van der Waals surface area contributed by atoms with Crippen molar-refractivity contribution in [3.05, 3.63) is 53.3 Å². The summed E-state index contributed by atoms with van der Waals surface area (Å²) in [5.74, 6) is -0.998. The summed E-state index contributed by atoms with van der Waals surface area (Å²) in [7, 11) is 0. The Balaban J connectivity index is 1.64. The molecule has 1 aromatic heterocycles. The van der Waals surface area contributed by atoms with Crippen LogP contribution >= 0.6 is 0 Å². The number of hydrogen-bond acceptors (Lipinski definition) is 7. The third-order valence-electron chi connectivity index (χ3n) is 5.96. The molecule has 170 valence electrons. The number of amidine groups is 1. The molecule has 0 bridgehead atoms. The first-order chi connectivity index (χ1) is 15.4. The molecule has 2 N–H and O–H groups in total. The summed E-state index contributed by atoms with van der Waals surface area (Å²) in [6, 6.07) is 0.449. The van der Waals surface area contributed by atoms with Crippen LogP contribution in [0, 0.1) is 11.6 Å². The van der Waals surface area contributed by atoms with Crippen LogP contribution < -0.4 is 5.73 Å². The second-order valence-corrected chi connectivity index (χ2v) is 8.30. The molecule has 4 heterocycles. The predicted octanol–water partition coefficient (Wildman–Crippen LogP) is 2.46. The minimum absolute atomic E-state index is 0.109. The van der Waals surface area contributed by atoms with Crippen molar-refractivity contribution in [1.82, 2.24) is 19.8 Å². The van der Waals surface area contributed by atoms with Crippen molar-refractivity contribution in [1.29, 1.82) is 0 Å². The van der Waals surface area contributed by atoms with Gasteiger partial charge in [0.25, 0.3) is 5.91 Å². The third-order valence-corrected chi connectivity index (χ3v) is 5.96. The van der Waals surface area contributed by atoms with Gasteiger partial charge in [-0.2, -0.15) is 5.10 Å². The van der Waals surface area contributed by atoms with Crippen molar-refractivity contribution in [3.8, 4) is 0 Å². The minimum atomic E-state index is -0.969. The summed E-state index contributed by atoms with van der Waals surface area (Å²) >= 11 is 0. The van der Waals surface area contributed by atoms with Gasteiger partial charge < -0.3 is 15.5 Å². The van der Waals surface area contributed by atoms with Crippen LogP contribution in [0.5, 0.6) is 0 Å². The Bertz CT molecular complexity index is 1010. The van der Waals surface area contributed by atoms with Gasteiger partial charge in [0.05, 0.1) is 12.2 Å². The Hall–Kier alpha value is -3.14. The molecule has 2 fully saturated rings. The number of amides is 1. The summed E-state index contributed by atoms with van der Waals surface area (Å²) in [6.07, 6.45) is 7.83. The van der Waals surface area contributed by atoms with Gasteiger partial charge in [0.2, 0.25) is 0 Å². The number of rotatable bonds is 3. The highest BCUT2D eigenvalue weighted by Gasteiger charge is 2.31. The van der Waals surface area contributed by atoms with E-state index < -0.39 is 17.5 Å². The van der Waals surface area contributed by atoms with Gasteiger partial charge >= 0.3 is 0 Å². The molecule has 1 aromatic rings. The summed E-state index contributed by atoms with van der Waals surface area (Å²) in [6.45, 7) is 7.58. The number of aromatic nitrogens is 1. The average Bonchev–Trinajstić information content (AvgIpc) is 3.20. The van der Waals surface area contributed by atoms with E-state index in [2.05, 4.69) is 21.7 Å². The van der Waals surface area contributed by atoms with Crippen molar-refractivity contribution in [3.63, 3.8) is 0 Å². The SMILES string of the molecule is C=NN1C=C(C)C(N2CC[C@H](N)C2)=N/C1=C/C1CCCCN1C(=O)c1ncc(F)cc1F. The molecule has 1 amide bonds. The maximum atomic E-state index is 14.2. The summed E-state index contributed by atoms with van der Waals surface area (Å²) in [5.41, 5.74) is 6.63. The van der Waals surface area contributed by atoms with Crippen LogP contribution in [0.15, 0.2) is 46.0 Å². The normalized spacial score (nSPS) is 25.1. The summed E-state index contributed by atoms with van der Waals surface area (Å²) in [4.78, 5) is 25.3. The highest BCUT2D eigenvalue weighted by molar-refractivity contribution is 5.99. The predicted molar refractivity (Wildman–Crippen MR) is 118 cm³/mol. The second kappa shape index (κ2) is 9.15. The number of halogens is 2. The standard InChI is InChI=1S/C22H27F2N7O/c1-14-12-31(26-2)19(28-21(14)29-8-6-16(25)13-29)10-17-5-3-4-7-30(17)22(32)20-18(24)9-15(23)11-27-20/h9-12,16-17H,2-8,13,25H2,1H3/b19-10-/t16-,17?/m0/s1. The molecular formula is C22H27F2N7O. The molecule has 0 spiro atoms. The Labute approximate surface area is 185 Å². The molecular weight excluding hydrogens is 416 g/mol. The number of aliphatic imine (C=N–C) groups is 1. The van der Waals surface area contributed by atoms with Crippen molar-refractivity contribution in [2.24, 2.45) is 15.8 Å². The van der Waals surface area contributed by atoms with Gasteiger partial charge in [-0.15, -0.1) is 0 Å². The van der Waals surface area contributed by atoms with Crippen molar-refractivity contribution >= 4 is 18.5 Å². The molecule has 4 rings (SSSR count). The van der Waals surface area contributed by atoms with E-state index in [-0.39, 0.29) is 17.8 Å². The van der Waals surface area contributed by atoms with E-state index in [0.29, 0.717) is 24.9 Å². The highest BCUT2D eigenvalue weighted by atomic mass is 19.1. The van der Waals surface area contributed by atoms with E-state index in [1.54, 1.807) is 9.91 Å². The third kappa shape index (κ3) is 4.40. The molecule has 10 heteroatoms. The van der Waals surface area contributed by atoms with Crippen molar-refractivity contribution < 1.29 is 13.6 Å². The van der Waals surface area contributed by atoms with Gasteiger partial charge in [0.1, 0.15) is 11.7 Å². The van der Waals surface area contributed by atoms with Crippen LogP contribution in [0.25, 0.3) is 0 Å². The lowest BCUT2D eigenvalue weighted by Gasteiger charge is -2.35. The summed E-state index contributed by atoms with van der Waals surface area (Å²) in [5, 5.41) is 5.62.